The van der Waals surface area contributed by atoms with E-state index in [1.54, 1.807) is 25.3 Å². The summed E-state index contributed by atoms with van der Waals surface area (Å²) >= 11 is 1.20. The number of thiophene rings is 1. The lowest BCUT2D eigenvalue weighted by Gasteiger charge is -2.24. The number of primary amides is 1. The van der Waals surface area contributed by atoms with Gasteiger partial charge >= 0.3 is 5.97 Å². The van der Waals surface area contributed by atoms with Crippen molar-refractivity contribution >= 4 is 35.2 Å². The van der Waals surface area contributed by atoms with E-state index in [9.17, 15) is 14.4 Å². The summed E-state index contributed by atoms with van der Waals surface area (Å²) in [6.07, 6.45) is 2.34. The number of nitrogens with one attached hydrogen (secondary N) is 1. The first-order valence-electron chi connectivity index (χ1n) is 5.80. The second-order valence-electron chi connectivity index (χ2n) is 4.86. The van der Waals surface area contributed by atoms with Gasteiger partial charge in [0.05, 0.1) is 4.88 Å². The number of hydrogen-bond donors (Lipinski definition) is 3. The van der Waals surface area contributed by atoms with Gasteiger partial charge in [-0.2, -0.15) is 0 Å². The summed E-state index contributed by atoms with van der Waals surface area (Å²) in [5, 5.41) is 13.0. The van der Waals surface area contributed by atoms with Gasteiger partial charge in [-0.25, -0.2) is 4.79 Å². The number of amides is 2. The van der Waals surface area contributed by atoms with Crippen molar-refractivity contribution in [2.75, 3.05) is 0 Å². The largest absolute Gasteiger partial charge is 0.478 e. The quantitative estimate of drug-likeness (QED) is 0.686. The Morgan fingerprint density at radius 2 is 2.10 bits per heavy atom. The van der Waals surface area contributed by atoms with Crippen LogP contribution in [0.4, 0.5) is 0 Å². The van der Waals surface area contributed by atoms with E-state index in [1.165, 1.54) is 17.4 Å². The number of carboxylic acids is 1. The average molecular weight is 296 g/mol. The second-order valence-corrected chi connectivity index (χ2v) is 5.77. The van der Waals surface area contributed by atoms with Gasteiger partial charge in [0.2, 0.25) is 5.91 Å². The summed E-state index contributed by atoms with van der Waals surface area (Å²) in [5.41, 5.74) is 4.87. The normalized spacial score (nSPS) is 11.5. The summed E-state index contributed by atoms with van der Waals surface area (Å²) in [6, 6.07) is 1.65. The number of aliphatic carboxylic acids is 1. The van der Waals surface area contributed by atoms with Crippen molar-refractivity contribution in [3.63, 3.8) is 0 Å². The van der Waals surface area contributed by atoms with E-state index in [4.69, 9.17) is 10.8 Å². The molecule has 0 saturated heterocycles. The molecule has 0 aliphatic heterocycles. The molecule has 0 aliphatic carbocycles. The highest BCUT2D eigenvalue weighted by Gasteiger charge is 2.24. The molecule has 1 heterocycles. The van der Waals surface area contributed by atoms with E-state index in [0.29, 0.717) is 10.4 Å². The summed E-state index contributed by atoms with van der Waals surface area (Å²) in [5.74, 6) is -1.96. The van der Waals surface area contributed by atoms with Gasteiger partial charge in [0.15, 0.2) is 0 Å². The van der Waals surface area contributed by atoms with Crippen LogP contribution in [0.25, 0.3) is 6.08 Å². The van der Waals surface area contributed by atoms with Crippen LogP contribution in [0, 0.1) is 0 Å². The second kappa shape index (κ2) is 6.33. The van der Waals surface area contributed by atoms with Crippen molar-refractivity contribution in [3.8, 4) is 0 Å². The number of carboxylic acid groups (broad SMARTS) is 1. The van der Waals surface area contributed by atoms with Crippen LogP contribution in [0.5, 0.6) is 0 Å². The van der Waals surface area contributed by atoms with E-state index in [1.807, 2.05) is 0 Å². The molecule has 0 atom stereocenters. The number of carbonyl (C=O) groups excluding carboxylic acids is 2. The molecule has 0 radical (unpaired) electrons. The molecular weight excluding hydrogens is 280 g/mol. The first-order valence-corrected chi connectivity index (χ1v) is 6.68. The van der Waals surface area contributed by atoms with Crippen molar-refractivity contribution in [2.24, 2.45) is 5.73 Å². The van der Waals surface area contributed by atoms with E-state index >= 15 is 0 Å². The van der Waals surface area contributed by atoms with Gasteiger partial charge < -0.3 is 16.2 Å². The molecule has 0 fully saturated rings. The molecule has 0 spiro atoms. The third kappa shape index (κ3) is 4.85. The third-order valence-electron chi connectivity index (χ3n) is 2.38. The fraction of sp³-hybridized carbons (Fsp3) is 0.308. The fourth-order valence-electron chi connectivity index (χ4n) is 1.64. The van der Waals surface area contributed by atoms with E-state index in [2.05, 4.69) is 5.32 Å². The smallest absolute Gasteiger partial charge is 0.328 e. The monoisotopic (exact) mass is 296 g/mol. The zero-order valence-electron chi connectivity index (χ0n) is 11.2. The highest BCUT2D eigenvalue weighted by molar-refractivity contribution is 7.12. The first-order chi connectivity index (χ1) is 9.21. The number of carbonyl (C=O) groups is 3. The minimum atomic E-state index is -1.09. The number of rotatable bonds is 6. The summed E-state index contributed by atoms with van der Waals surface area (Å²) < 4.78 is 0. The average Bonchev–Trinajstić information content (AvgIpc) is 2.71. The lowest BCUT2D eigenvalue weighted by molar-refractivity contribution is -0.131. The molecule has 6 nitrogen and oxygen atoms in total. The standard InChI is InChI=1S/C13H16N2O4S/c1-13(2,7-9(14)16)15-12(19)11-8(5-6-20-11)3-4-10(17)18/h3-6H,7H2,1-2H3,(H2,14,16)(H,15,19)(H,17,18)/b4-3+. The molecule has 0 aromatic carbocycles. The number of hydrogen-bond acceptors (Lipinski definition) is 4. The molecule has 20 heavy (non-hydrogen) atoms. The van der Waals surface area contributed by atoms with Gasteiger partial charge in [-0.3, -0.25) is 9.59 Å². The van der Waals surface area contributed by atoms with Crippen LogP contribution in [0.1, 0.15) is 35.5 Å². The van der Waals surface area contributed by atoms with Crippen molar-refractivity contribution in [2.45, 2.75) is 25.8 Å². The predicted molar refractivity (Wildman–Crippen MR) is 76.3 cm³/mol. The predicted octanol–water partition coefficient (Wildman–Crippen LogP) is 1.23. The Hall–Kier alpha value is -2.15. The molecule has 1 rings (SSSR count). The van der Waals surface area contributed by atoms with E-state index in [0.717, 1.165) is 6.08 Å². The Balaban J connectivity index is 2.86. The fourth-order valence-corrected chi connectivity index (χ4v) is 2.42. The minimum absolute atomic E-state index is 0.0183. The minimum Gasteiger partial charge on any atom is -0.478 e. The SMILES string of the molecule is CC(C)(CC(N)=O)NC(=O)c1sccc1/C=C/C(=O)O. The third-order valence-corrected chi connectivity index (χ3v) is 3.30. The summed E-state index contributed by atoms with van der Waals surface area (Å²) in [4.78, 5) is 33.9. The Morgan fingerprint density at radius 1 is 1.45 bits per heavy atom. The zero-order chi connectivity index (χ0) is 15.3. The Labute approximate surface area is 120 Å². The van der Waals surface area contributed by atoms with Gasteiger partial charge in [0.25, 0.3) is 5.91 Å². The van der Waals surface area contributed by atoms with Crippen molar-refractivity contribution in [1.82, 2.24) is 5.32 Å². The summed E-state index contributed by atoms with van der Waals surface area (Å²) in [6.45, 7) is 3.38. The van der Waals surface area contributed by atoms with Crippen LogP contribution >= 0.6 is 11.3 Å². The topological polar surface area (TPSA) is 109 Å². The maximum Gasteiger partial charge on any atom is 0.328 e. The highest BCUT2D eigenvalue weighted by atomic mass is 32.1. The zero-order valence-corrected chi connectivity index (χ0v) is 12.0. The van der Waals surface area contributed by atoms with Gasteiger partial charge in [0, 0.05) is 18.0 Å². The molecule has 4 N–H and O–H groups in total. The van der Waals surface area contributed by atoms with Crippen molar-refractivity contribution in [1.29, 1.82) is 0 Å². The Kier molecular flexibility index (Phi) is 5.04. The van der Waals surface area contributed by atoms with Crippen LogP contribution in [-0.2, 0) is 9.59 Å². The molecule has 7 heteroatoms. The molecule has 1 aromatic heterocycles. The van der Waals surface area contributed by atoms with Crippen LogP contribution < -0.4 is 11.1 Å². The van der Waals surface area contributed by atoms with Crippen molar-refractivity contribution < 1.29 is 19.5 Å². The molecule has 1 aromatic rings. The molecule has 2 amide bonds. The molecule has 0 aliphatic rings. The van der Waals surface area contributed by atoms with Crippen LogP contribution in [0.3, 0.4) is 0 Å². The van der Waals surface area contributed by atoms with Gasteiger partial charge in [0.1, 0.15) is 0 Å². The van der Waals surface area contributed by atoms with Crippen LogP contribution in [-0.4, -0.2) is 28.4 Å². The Morgan fingerprint density at radius 3 is 2.65 bits per heavy atom. The van der Waals surface area contributed by atoms with Crippen molar-refractivity contribution in [3.05, 3.63) is 28.0 Å². The summed E-state index contributed by atoms with van der Waals surface area (Å²) in [7, 11) is 0. The molecule has 0 saturated carbocycles. The Bertz CT molecular complexity index is 560. The van der Waals surface area contributed by atoms with E-state index < -0.39 is 17.4 Å². The lowest BCUT2D eigenvalue weighted by atomic mass is 10.00. The van der Waals surface area contributed by atoms with Crippen LogP contribution in [0.15, 0.2) is 17.5 Å². The molecule has 0 unspecified atom stereocenters. The van der Waals surface area contributed by atoms with Gasteiger partial charge in [-0.05, 0) is 36.9 Å². The van der Waals surface area contributed by atoms with Gasteiger partial charge in [-0.1, -0.05) is 0 Å². The van der Waals surface area contributed by atoms with Gasteiger partial charge in [-0.15, -0.1) is 11.3 Å². The molecular formula is C13H16N2O4S. The maximum absolute atomic E-state index is 12.1. The van der Waals surface area contributed by atoms with E-state index in [-0.39, 0.29) is 12.3 Å². The molecule has 108 valence electrons. The highest BCUT2D eigenvalue weighted by Crippen LogP contribution is 2.20. The molecule has 0 bridgehead atoms. The lowest BCUT2D eigenvalue weighted by Crippen LogP contribution is -2.45. The van der Waals surface area contributed by atoms with Crippen LogP contribution in [0.2, 0.25) is 0 Å². The first kappa shape index (κ1) is 15.9. The number of nitrogens with two attached hydrogens (primary N) is 1. The maximum atomic E-state index is 12.1.